The summed E-state index contributed by atoms with van der Waals surface area (Å²) in [6, 6.07) is 0. The second-order valence-electron chi connectivity index (χ2n) is 6.51. The summed E-state index contributed by atoms with van der Waals surface area (Å²) < 4.78 is 7.69. The Morgan fingerprint density at radius 3 is 2.67 bits per heavy atom. The molecule has 2 atom stereocenters. The molecule has 1 aromatic rings. The van der Waals surface area contributed by atoms with Crippen LogP contribution in [0.25, 0.3) is 0 Å². The van der Waals surface area contributed by atoms with E-state index in [2.05, 4.69) is 48.2 Å². The summed E-state index contributed by atoms with van der Waals surface area (Å²) in [7, 11) is 0. The Hall–Kier alpha value is -0.980. The first-order chi connectivity index (χ1) is 10.0. The highest BCUT2D eigenvalue weighted by atomic mass is 16.5. The lowest BCUT2D eigenvalue weighted by Gasteiger charge is -2.35. The van der Waals surface area contributed by atoms with Crippen LogP contribution in [0.2, 0.25) is 0 Å². The number of nitrogens with one attached hydrogen (secondary N) is 1. The predicted octanol–water partition coefficient (Wildman–Crippen LogP) is 1.13. The largest absolute Gasteiger partial charge is 0.373 e. The molecule has 0 unspecified atom stereocenters. The Morgan fingerprint density at radius 2 is 2.00 bits per heavy atom. The zero-order valence-electron chi connectivity index (χ0n) is 13.7. The van der Waals surface area contributed by atoms with Crippen LogP contribution in [0.1, 0.15) is 33.4 Å². The molecule has 1 fully saturated rings. The second-order valence-corrected chi connectivity index (χ2v) is 6.51. The fraction of sp³-hybridized carbons (Fsp3) is 0.867. The van der Waals surface area contributed by atoms with Crippen LogP contribution < -0.4 is 5.32 Å². The average molecular weight is 295 g/mol. The van der Waals surface area contributed by atoms with Gasteiger partial charge < -0.3 is 10.1 Å². The van der Waals surface area contributed by atoms with Gasteiger partial charge in [0.15, 0.2) is 0 Å². The molecule has 0 amide bonds. The van der Waals surface area contributed by atoms with Crippen molar-refractivity contribution in [2.24, 2.45) is 5.92 Å². The first-order valence-corrected chi connectivity index (χ1v) is 8.00. The molecule has 1 N–H and O–H groups in total. The Balaban J connectivity index is 1.72. The van der Waals surface area contributed by atoms with E-state index < -0.39 is 0 Å². The van der Waals surface area contributed by atoms with Gasteiger partial charge in [0.2, 0.25) is 0 Å². The van der Waals surface area contributed by atoms with Gasteiger partial charge in [0.25, 0.3) is 0 Å². The van der Waals surface area contributed by atoms with Crippen LogP contribution in [0.5, 0.6) is 0 Å². The number of aromatic nitrogens is 3. The fourth-order valence-corrected chi connectivity index (χ4v) is 2.73. The van der Waals surface area contributed by atoms with Crippen molar-refractivity contribution in [2.45, 2.75) is 53.0 Å². The summed E-state index contributed by atoms with van der Waals surface area (Å²) >= 11 is 0. The van der Waals surface area contributed by atoms with Crippen molar-refractivity contribution >= 4 is 0 Å². The summed E-state index contributed by atoms with van der Waals surface area (Å²) in [5, 5.41) is 11.8. The fourth-order valence-electron chi connectivity index (χ4n) is 2.73. The van der Waals surface area contributed by atoms with Gasteiger partial charge in [-0.25, -0.2) is 0 Å². The smallest absolute Gasteiger partial charge is 0.0964 e. The predicted molar refractivity (Wildman–Crippen MR) is 83.0 cm³/mol. The number of rotatable bonds is 7. The van der Waals surface area contributed by atoms with Crippen LogP contribution >= 0.6 is 0 Å². The van der Waals surface area contributed by atoms with E-state index in [0.717, 1.165) is 45.0 Å². The van der Waals surface area contributed by atoms with Crippen molar-refractivity contribution in [3.05, 3.63) is 11.9 Å². The Morgan fingerprint density at radius 1 is 1.29 bits per heavy atom. The SMILES string of the molecule is CC(C)CNCc1cn(CCN2C[C@@H](C)O[C@@H](C)C2)nn1. The van der Waals surface area contributed by atoms with Crippen LogP contribution in [0.4, 0.5) is 0 Å². The molecule has 0 spiro atoms. The Bertz CT molecular complexity index is 410. The monoisotopic (exact) mass is 295 g/mol. The topological polar surface area (TPSA) is 55.2 Å². The molecule has 1 saturated heterocycles. The van der Waals surface area contributed by atoms with Gasteiger partial charge >= 0.3 is 0 Å². The van der Waals surface area contributed by atoms with E-state index in [1.54, 1.807) is 0 Å². The van der Waals surface area contributed by atoms with E-state index in [4.69, 9.17) is 4.74 Å². The van der Waals surface area contributed by atoms with Crippen LogP contribution in [-0.4, -0.2) is 58.3 Å². The zero-order valence-corrected chi connectivity index (χ0v) is 13.7. The van der Waals surface area contributed by atoms with Gasteiger partial charge in [-0.3, -0.25) is 9.58 Å². The third kappa shape index (κ3) is 5.73. The maximum atomic E-state index is 5.75. The highest BCUT2D eigenvalue weighted by molar-refractivity contribution is 4.91. The van der Waals surface area contributed by atoms with Crippen molar-refractivity contribution in [1.29, 1.82) is 0 Å². The van der Waals surface area contributed by atoms with E-state index in [-0.39, 0.29) is 0 Å². The van der Waals surface area contributed by atoms with E-state index >= 15 is 0 Å². The molecule has 1 aliphatic rings. The van der Waals surface area contributed by atoms with Crippen LogP contribution in [-0.2, 0) is 17.8 Å². The highest BCUT2D eigenvalue weighted by Crippen LogP contribution is 2.10. The van der Waals surface area contributed by atoms with Crippen molar-refractivity contribution in [2.75, 3.05) is 26.2 Å². The van der Waals surface area contributed by atoms with Gasteiger partial charge in [-0.2, -0.15) is 0 Å². The quantitative estimate of drug-likeness (QED) is 0.817. The highest BCUT2D eigenvalue weighted by Gasteiger charge is 2.21. The molecule has 1 aromatic heterocycles. The van der Waals surface area contributed by atoms with Gasteiger partial charge in [0.1, 0.15) is 0 Å². The number of nitrogens with zero attached hydrogens (tertiary/aromatic N) is 4. The third-order valence-corrected chi connectivity index (χ3v) is 3.59. The number of morpholine rings is 1. The minimum Gasteiger partial charge on any atom is -0.373 e. The molecule has 0 radical (unpaired) electrons. The zero-order chi connectivity index (χ0) is 15.2. The maximum Gasteiger partial charge on any atom is 0.0964 e. The minimum absolute atomic E-state index is 0.320. The van der Waals surface area contributed by atoms with Gasteiger partial charge in [-0.15, -0.1) is 5.10 Å². The summed E-state index contributed by atoms with van der Waals surface area (Å²) in [4.78, 5) is 2.44. The Kier molecular flexibility index (Phi) is 6.14. The lowest BCUT2D eigenvalue weighted by Crippen LogP contribution is -2.46. The Labute approximate surface area is 127 Å². The summed E-state index contributed by atoms with van der Waals surface area (Å²) in [5.41, 5.74) is 1.01. The molecule has 0 aromatic carbocycles. The summed E-state index contributed by atoms with van der Waals surface area (Å²) in [5.74, 6) is 0.658. The van der Waals surface area contributed by atoms with E-state index in [1.807, 2.05) is 10.9 Å². The van der Waals surface area contributed by atoms with Crippen LogP contribution in [0.15, 0.2) is 6.20 Å². The molecule has 2 rings (SSSR count). The first kappa shape index (κ1) is 16.4. The van der Waals surface area contributed by atoms with E-state index in [1.165, 1.54) is 0 Å². The maximum absolute atomic E-state index is 5.75. The lowest BCUT2D eigenvalue weighted by atomic mass is 10.2. The van der Waals surface area contributed by atoms with Crippen LogP contribution in [0, 0.1) is 5.92 Å². The number of hydrogen-bond acceptors (Lipinski definition) is 5. The molecular weight excluding hydrogens is 266 g/mol. The molecule has 120 valence electrons. The normalized spacial score (nSPS) is 23.9. The van der Waals surface area contributed by atoms with Gasteiger partial charge in [-0.05, 0) is 26.3 Å². The number of ether oxygens (including phenoxy) is 1. The van der Waals surface area contributed by atoms with E-state index in [9.17, 15) is 0 Å². The van der Waals surface area contributed by atoms with Crippen LogP contribution in [0.3, 0.4) is 0 Å². The molecule has 6 heteroatoms. The molecule has 0 aliphatic carbocycles. The van der Waals surface area contributed by atoms with Gasteiger partial charge in [0, 0.05) is 32.4 Å². The molecule has 0 bridgehead atoms. The molecule has 6 nitrogen and oxygen atoms in total. The molecule has 2 heterocycles. The van der Waals surface area contributed by atoms with E-state index in [0.29, 0.717) is 18.1 Å². The van der Waals surface area contributed by atoms with Crippen molar-refractivity contribution in [3.63, 3.8) is 0 Å². The third-order valence-electron chi connectivity index (χ3n) is 3.59. The van der Waals surface area contributed by atoms with Crippen molar-refractivity contribution in [3.8, 4) is 0 Å². The molecule has 0 saturated carbocycles. The summed E-state index contributed by atoms with van der Waals surface area (Å²) in [6.45, 7) is 14.4. The second kappa shape index (κ2) is 7.87. The molecular formula is C15H29N5O. The summed E-state index contributed by atoms with van der Waals surface area (Å²) in [6.07, 6.45) is 2.68. The van der Waals surface area contributed by atoms with Crippen molar-refractivity contribution in [1.82, 2.24) is 25.2 Å². The minimum atomic E-state index is 0.320. The standard InChI is InChI=1S/C15H29N5O/c1-12(2)7-16-8-15-11-20(18-17-15)6-5-19-9-13(3)21-14(4)10-19/h11-14,16H,5-10H2,1-4H3/t13-,14+. The average Bonchev–Trinajstić information content (AvgIpc) is 2.83. The van der Waals surface area contributed by atoms with Crippen molar-refractivity contribution < 1.29 is 4.74 Å². The molecule has 21 heavy (non-hydrogen) atoms. The van der Waals surface area contributed by atoms with Gasteiger partial charge in [-0.1, -0.05) is 19.1 Å². The lowest BCUT2D eigenvalue weighted by molar-refractivity contribution is -0.0687. The number of hydrogen-bond donors (Lipinski definition) is 1. The molecule has 1 aliphatic heterocycles. The van der Waals surface area contributed by atoms with Gasteiger partial charge in [0.05, 0.1) is 24.4 Å². The first-order valence-electron chi connectivity index (χ1n) is 8.00.